The molecule has 2 aromatic rings. The van der Waals surface area contributed by atoms with Gasteiger partial charge in [-0.1, -0.05) is 0 Å². The molecule has 0 aliphatic carbocycles. The van der Waals surface area contributed by atoms with Gasteiger partial charge >= 0.3 is 5.97 Å². The maximum Gasteiger partial charge on any atom is 0.341 e. The molecule has 3 N–H and O–H groups in total. The summed E-state index contributed by atoms with van der Waals surface area (Å²) in [6, 6.07) is 0. The number of rotatable bonds is 3. The third-order valence-corrected chi connectivity index (χ3v) is 2.19. The molecule has 1 amide bonds. The van der Waals surface area contributed by atoms with Crippen LogP contribution < -0.4 is 5.32 Å². The Bertz CT molecular complexity index is 593. The van der Waals surface area contributed by atoms with Crippen LogP contribution in [0.15, 0.2) is 18.6 Å². The fourth-order valence-electron chi connectivity index (χ4n) is 1.37. The molecule has 0 saturated heterocycles. The number of carboxylic acid groups (broad SMARTS) is 1. The number of carbonyl (C=O) groups is 2. The first-order chi connectivity index (χ1) is 8.59. The first-order valence-electron chi connectivity index (χ1n) is 4.95. The van der Waals surface area contributed by atoms with Crippen LogP contribution in [-0.2, 0) is 0 Å². The summed E-state index contributed by atoms with van der Waals surface area (Å²) in [4.78, 5) is 30.3. The van der Waals surface area contributed by atoms with E-state index in [9.17, 15) is 9.59 Å². The summed E-state index contributed by atoms with van der Waals surface area (Å²) in [5, 5.41) is 17.6. The van der Waals surface area contributed by atoms with Crippen molar-refractivity contribution in [3.8, 4) is 0 Å². The number of anilines is 1. The van der Waals surface area contributed by atoms with Crippen LogP contribution >= 0.6 is 0 Å². The molecule has 0 aliphatic heterocycles. The van der Waals surface area contributed by atoms with Crippen molar-refractivity contribution in [1.82, 2.24) is 20.2 Å². The van der Waals surface area contributed by atoms with E-state index >= 15 is 0 Å². The topological polar surface area (TPSA) is 121 Å². The third-order valence-electron chi connectivity index (χ3n) is 2.19. The predicted octanol–water partition coefficient (Wildman–Crippen LogP) is 0.459. The van der Waals surface area contributed by atoms with Gasteiger partial charge in [0.2, 0.25) is 0 Å². The molecule has 0 fully saturated rings. The molecular weight excluding hydrogens is 238 g/mol. The highest BCUT2D eigenvalue weighted by Gasteiger charge is 2.19. The molecular formula is C10H9N5O3. The Labute approximate surface area is 101 Å². The van der Waals surface area contributed by atoms with Crippen LogP contribution in [-0.4, -0.2) is 37.1 Å². The van der Waals surface area contributed by atoms with Gasteiger partial charge in [-0.05, 0) is 6.92 Å². The number of aromatic nitrogens is 4. The van der Waals surface area contributed by atoms with E-state index < -0.39 is 11.9 Å². The summed E-state index contributed by atoms with van der Waals surface area (Å²) in [5.41, 5.74) is 0.360. The molecule has 18 heavy (non-hydrogen) atoms. The van der Waals surface area contributed by atoms with Crippen molar-refractivity contribution in [2.75, 3.05) is 5.32 Å². The number of amides is 1. The van der Waals surface area contributed by atoms with E-state index in [1.165, 1.54) is 18.6 Å². The van der Waals surface area contributed by atoms with Crippen LogP contribution in [0.2, 0.25) is 0 Å². The number of carbonyl (C=O) groups excluding carboxylic acids is 1. The van der Waals surface area contributed by atoms with Crippen molar-refractivity contribution < 1.29 is 14.7 Å². The van der Waals surface area contributed by atoms with Crippen LogP contribution in [0.3, 0.4) is 0 Å². The van der Waals surface area contributed by atoms with Gasteiger partial charge in [-0.15, -0.1) is 0 Å². The molecule has 0 unspecified atom stereocenters. The van der Waals surface area contributed by atoms with Crippen molar-refractivity contribution >= 4 is 17.7 Å². The second-order valence-electron chi connectivity index (χ2n) is 3.42. The zero-order valence-electron chi connectivity index (χ0n) is 9.34. The zero-order chi connectivity index (χ0) is 13.1. The lowest BCUT2D eigenvalue weighted by Gasteiger charge is -2.01. The van der Waals surface area contributed by atoms with E-state index in [1.54, 1.807) is 6.92 Å². The lowest BCUT2D eigenvalue weighted by molar-refractivity contribution is 0.0697. The van der Waals surface area contributed by atoms with Crippen molar-refractivity contribution in [3.05, 3.63) is 35.5 Å². The van der Waals surface area contributed by atoms with Crippen molar-refractivity contribution in [3.63, 3.8) is 0 Å². The van der Waals surface area contributed by atoms with Gasteiger partial charge in [0.1, 0.15) is 11.3 Å². The van der Waals surface area contributed by atoms with Gasteiger partial charge in [-0.25, -0.2) is 9.78 Å². The highest BCUT2D eigenvalue weighted by Crippen LogP contribution is 2.16. The number of carboxylic acids is 1. The van der Waals surface area contributed by atoms with Crippen LogP contribution in [0.4, 0.5) is 5.82 Å². The Hall–Kier alpha value is -2.77. The highest BCUT2D eigenvalue weighted by atomic mass is 16.4. The molecule has 2 rings (SSSR count). The monoisotopic (exact) mass is 247 g/mol. The molecule has 8 nitrogen and oxygen atoms in total. The lowest BCUT2D eigenvalue weighted by atomic mass is 10.2. The average Bonchev–Trinajstić information content (AvgIpc) is 2.71. The largest absolute Gasteiger partial charge is 0.477 e. The van der Waals surface area contributed by atoms with Gasteiger partial charge in [0.15, 0.2) is 5.82 Å². The van der Waals surface area contributed by atoms with Gasteiger partial charge < -0.3 is 10.4 Å². The number of nitrogens with one attached hydrogen (secondary N) is 2. The van der Waals surface area contributed by atoms with Gasteiger partial charge in [0.25, 0.3) is 5.91 Å². The molecule has 0 atom stereocenters. The first kappa shape index (κ1) is 11.7. The Morgan fingerprint density at radius 1 is 1.39 bits per heavy atom. The normalized spacial score (nSPS) is 10.1. The highest BCUT2D eigenvalue weighted by molar-refractivity contribution is 6.06. The van der Waals surface area contributed by atoms with E-state index in [0.29, 0.717) is 5.69 Å². The maximum atomic E-state index is 11.7. The molecule has 0 aromatic carbocycles. The third kappa shape index (κ3) is 2.17. The standard InChI is InChI=1S/C10H9N5O3/c1-5-7(10(17)18)8(15-14-5)13-9(16)6-4-11-2-3-12-6/h2-4H,1H3,(H,17,18)(H2,13,14,15,16). The Morgan fingerprint density at radius 2 is 2.17 bits per heavy atom. The van der Waals surface area contributed by atoms with E-state index in [1.807, 2.05) is 0 Å². The summed E-state index contributed by atoms with van der Waals surface area (Å²) in [6.07, 6.45) is 4.07. The maximum absolute atomic E-state index is 11.7. The Kier molecular flexibility index (Phi) is 3.00. The van der Waals surface area contributed by atoms with Gasteiger partial charge in [-0.2, -0.15) is 5.10 Å². The Morgan fingerprint density at radius 3 is 2.78 bits per heavy atom. The lowest BCUT2D eigenvalue weighted by Crippen LogP contribution is -2.16. The van der Waals surface area contributed by atoms with Crippen molar-refractivity contribution in [2.24, 2.45) is 0 Å². The summed E-state index contributed by atoms with van der Waals surface area (Å²) in [6.45, 7) is 1.55. The van der Waals surface area contributed by atoms with Gasteiger partial charge in [-0.3, -0.25) is 14.9 Å². The molecule has 0 bridgehead atoms. The quantitative estimate of drug-likeness (QED) is 0.724. The SMILES string of the molecule is Cc1[nH]nc(NC(=O)c2cnccn2)c1C(=O)O. The molecule has 92 valence electrons. The number of hydrogen-bond donors (Lipinski definition) is 3. The molecule has 0 aliphatic rings. The molecule has 0 saturated carbocycles. The fraction of sp³-hybridized carbons (Fsp3) is 0.100. The van der Waals surface area contributed by atoms with Crippen LogP contribution in [0.25, 0.3) is 0 Å². The average molecular weight is 247 g/mol. The predicted molar refractivity (Wildman–Crippen MR) is 60.3 cm³/mol. The molecule has 2 aromatic heterocycles. The van der Waals surface area contributed by atoms with E-state index in [0.717, 1.165) is 0 Å². The number of aromatic carboxylic acids is 1. The number of aromatic amines is 1. The van der Waals surface area contributed by atoms with Gasteiger partial charge in [0.05, 0.1) is 6.20 Å². The summed E-state index contributed by atoms with van der Waals surface area (Å²) in [5.74, 6) is -1.79. The summed E-state index contributed by atoms with van der Waals surface area (Å²) < 4.78 is 0. The van der Waals surface area contributed by atoms with Crippen molar-refractivity contribution in [2.45, 2.75) is 6.92 Å². The second-order valence-corrected chi connectivity index (χ2v) is 3.42. The van der Waals surface area contributed by atoms with Crippen LogP contribution in [0, 0.1) is 6.92 Å². The smallest absolute Gasteiger partial charge is 0.341 e. The number of hydrogen-bond acceptors (Lipinski definition) is 5. The van der Waals surface area contributed by atoms with E-state index in [2.05, 4.69) is 25.5 Å². The van der Waals surface area contributed by atoms with E-state index in [4.69, 9.17) is 5.11 Å². The van der Waals surface area contributed by atoms with E-state index in [-0.39, 0.29) is 17.1 Å². The second kappa shape index (κ2) is 4.62. The summed E-state index contributed by atoms with van der Waals surface area (Å²) in [7, 11) is 0. The van der Waals surface area contributed by atoms with Crippen molar-refractivity contribution in [1.29, 1.82) is 0 Å². The van der Waals surface area contributed by atoms with Gasteiger partial charge in [0, 0.05) is 18.1 Å². The molecule has 0 spiro atoms. The summed E-state index contributed by atoms with van der Waals surface area (Å²) >= 11 is 0. The Balaban J connectivity index is 2.25. The minimum atomic E-state index is -1.17. The zero-order valence-corrected chi connectivity index (χ0v) is 9.34. The number of nitrogens with zero attached hydrogens (tertiary/aromatic N) is 3. The van der Waals surface area contributed by atoms with Crippen LogP contribution in [0.5, 0.6) is 0 Å². The molecule has 2 heterocycles. The number of aryl methyl sites for hydroxylation is 1. The molecule has 8 heteroatoms. The minimum absolute atomic E-state index is 0.0457. The fourth-order valence-corrected chi connectivity index (χ4v) is 1.37. The number of H-pyrrole nitrogens is 1. The van der Waals surface area contributed by atoms with Crippen LogP contribution in [0.1, 0.15) is 26.5 Å². The minimum Gasteiger partial charge on any atom is -0.477 e. The molecule has 0 radical (unpaired) electrons. The first-order valence-corrected chi connectivity index (χ1v) is 4.95.